The van der Waals surface area contributed by atoms with Crippen LogP contribution in [0.15, 0.2) is 0 Å². The Bertz CT molecular complexity index is 336. The lowest BCUT2D eigenvalue weighted by Crippen LogP contribution is -2.64. The third-order valence-electron chi connectivity index (χ3n) is 6.84. The van der Waals surface area contributed by atoms with Crippen LogP contribution in [0.5, 0.6) is 0 Å². The van der Waals surface area contributed by atoms with Crippen molar-refractivity contribution in [2.45, 2.75) is 82.9 Å². The van der Waals surface area contributed by atoms with E-state index in [-0.39, 0.29) is 0 Å². The summed E-state index contributed by atoms with van der Waals surface area (Å²) >= 11 is 0. The lowest BCUT2D eigenvalue weighted by molar-refractivity contribution is -0.133. The van der Waals surface area contributed by atoms with Gasteiger partial charge in [0.2, 0.25) is 0 Å². The molecule has 2 heteroatoms. The van der Waals surface area contributed by atoms with Crippen molar-refractivity contribution in [1.82, 2.24) is 5.32 Å². The average molecular weight is 263 g/mol. The zero-order valence-electron chi connectivity index (χ0n) is 12.4. The SMILES string of the molecule is CCOC1CC(NC2CC3CCC2C3)C12CCCC2. The van der Waals surface area contributed by atoms with Crippen molar-refractivity contribution in [3.8, 4) is 0 Å². The summed E-state index contributed by atoms with van der Waals surface area (Å²) in [7, 11) is 0. The normalized spacial score (nSPS) is 46.9. The first-order valence-corrected chi connectivity index (χ1v) is 8.69. The maximum Gasteiger partial charge on any atom is 0.0661 e. The van der Waals surface area contributed by atoms with Crippen molar-refractivity contribution in [3.05, 3.63) is 0 Å². The Morgan fingerprint density at radius 3 is 2.58 bits per heavy atom. The molecule has 0 aromatic rings. The third kappa shape index (κ3) is 1.90. The van der Waals surface area contributed by atoms with Crippen LogP contribution >= 0.6 is 0 Å². The van der Waals surface area contributed by atoms with E-state index in [9.17, 15) is 0 Å². The van der Waals surface area contributed by atoms with Crippen molar-refractivity contribution in [2.75, 3.05) is 6.61 Å². The molecule has 1 N–H and O–H groups in total. The summed E-state index contributed by atoms with van der Waals surface area (Å²) in [5.41, 5.74) is 0.526. The van der Waals surface area contributed by atoms with E-state index in [0.29, 0.717) is 11.5 Å². The highest BCUT2D eigenvalue weighted by Crippen LogP contribution is 2.56. The minimum Gasteiger partial charge on any atom is -0.378 e. The maximum atomic E-state index is 6.03. The molecule has 0 saturated heterocycles. The number of fused-ring (bicyclic) bond motifs is 2. The van der Waals surface area contributed by atoms with E-state index in [1.54, 1.807) is 0 Å². The summed E-state index contributed by atoms with van der Waals surface area (Å²) in [6.45, 7) is 3.05. The van der Waals surface area contributed by atoms with E-state index in [4.69, 9.17) is 4.74 Å². The molecule has 2 nitrogen and oxygen atoms in total. The summed E-state index contributed by atoms with van der Waals surface area (Å²) in [5, 5.41) is 4.09. The highest BCUT2D eigenvalue weighted by molar-refractivity contribution is 5.11. The molecule has 4 saturated carbocycles. The molecule has 0 amide bonds. The summed E-state index contributed by atoms with van der Waals surface area (Å²) < 4.78 is 6.03. The molecule has 2 bridgehead atoms. The van der Waals surface area contributed by atoms with Crippen LogP contribution in [-0.4, -0.2) is 24.8 Å². The predicted molar refractivity (Wildman–Crippen MR) is 77.1 cm³/mol. The standard InChI is InChI=1S/C17H29NO/c1-2-19-16-11-15(17(16)7-3-4-8-17)18-14-10-12-5-6-13(14)9-12/h12-16,18H,2-11H2,1H3. The lowest BCUT2D eigenvalue weighted by Gasteiger charge is -2.55. The highest BCUT2D eigenvalue weighted by atomic mass is 16.5. The van der Waals surface area contributed by atoms with Gasteiger partial charge in [-0.05, 0) is 57.3 Å². The van der Waals surface area contributed by atoms with Gasteiger partial charge in [-0.3, -0.25) is 0 Å². The van der Waals surface area contributed by atoms with Gasteiger partial charge >= 0.3 is 0 Å². The van der Waals surface area contributed by atoms with Gasteiger partial charge in [-0.15, -0.1) is 0 Å². The predicted octanol–water partition coefficient (Wildman–Crippen LogP) is 3.50. The van der Waals surface area contributed by atoms with Crippen molar-refractivity contribution in [1.29, 1.82) is 0 Å². The second kappa shape index (κ2) is 4.73. The molecule has 0 aliphatic heterocycles. The second-order valence-corrected chi connectivity index (χ2v) is 7.62. The van der Waals surface area contributed by atoms with Crippen molar-refractivity contribution in [3.63, 3.8) is 0 Å². The fourth-order valence-corrected chi connectivity index (χ4v) is 5.83. The Kier molecular flexibility index (Phi) is 3.15. The largest absolute Gasteiger partial charge is 0.378 e. The van der Waals surface area contributed by atoms with Crippen LogP contribution in [0.1, 0.15) is 64.7 Å². The van der Waals surface area contributed by atoms with Gasteiger partial charge < -0.3 is 10.1 Å². The molecule has 4 rings (SSSR count). The number of rotatable bonds is 4. The molecule has 5 unspecified atom stereocenters. The van der Waals surface area contributed by atoms with E-state index in [1.165, 1.54) is 57.8 Å². The minimum atomic E-state index is 0.526. The molecular weight excluding hydrogens is 234 g/mol. The minimum absolute atomic E-state index is 0.526. The Balaban J connectivity index is 1.41. The molecule has 108 valence electrons. The van der Waals surface area contributed by atoms with Crippen LogP contribution in [0.2, 0.25) is 0 Å². The summed E-state index contributed by atoms with van der Waals surface area (Å²) in [6, 6.07) is 1.62. The molecule has 5 atom stereocenters. The Morgan fingerprint density at radius 2 is 1.95 bits per heavy atom. The van der Waals surface area contributed by atoms with E-state index in [1.807, 2.05) is 0 Å². The van der Waals surface area contributed by atoms with Gasteiger partial charge in [0, 0.05) is 24.1 Å². The first kappa shape index (κ1) is 12.6. The van der Waals surface area contributed by atoms with E-state index in [2.05, 4.69) is 12.2 Å². The Morgan fingerprint density at radius 1 is 1.11 bits per heavy atom. The van der Waals surface area contributed by atoms with Gasteiger partial charge in [-0.2, -0.15) is 0 Å². The fraction of sp³-hybridized carbons (Fsp3) is 1.00. The van der Waals surface area contributed by atoms with Gasteiger partial charge in [0.25, 0.3) is 0 Å². The highest BCUT2D eigenvalue weighted by Gasteiger charge is 2.57. The average Bonchev–Trinajstić information content (AvgIpc) is 3.14. The first-order valence-electron chi connectivity index (χ1n) is 8.69. The van der Waals surface area contributed by atoms with E-state index >= 15 is 0 Å². The van der Waals surface area contributed by atoms with Crippen LogP contribution in [0.4, 0.5) is 0 Å². The number of ether oxygens (including phenoxy) is 1. The topological polar surface area (TPSA) is 21.3 Å². The number of nitrogens with one attached hydrogen (secondary N) is 1. The smallest absolute Gasteiger partial charge is 0.0661 e. The van der Waals surface area contributed by atoms with E-state index < -0.39 is 0 Å². The van der Waals surface area contributed by atoms with Crippen LogP contribution in [0.25, 0.3) is 0 Å². The zero-order chi connectivity index (χ0) is 12.9. The maximum absolute atomic E-state index is 6.03. The van der Waals surface area contributed by atoms with Gasteiger partial charge in [-0.1, -0.05) is 19.3 Å². The number of hydrogen-bond donors (Lipinski definition) is 1. The van der Waals surface area contributed by atoms with Crippen LogP contribution in [0.3, 0.4) is 0 Å². The van der Waals surface area contributed by atoms with Crippen molar-refractivity contribution >= 4 is 0 Å². The molecule has 4 aliphatic rings. The Labute approximate surface area is 117 Å². The lowest BCUT2D eigenvalue weighted by atomic mass is 9.60. The monoisotopic (exact) mass is 263 g/mol. The summed E-state index contributed by atoms with van der Waals surface area (Å²) in [4.78, 5) is 0. The number of hydrogen-bond acceptors (Lipinski definition) is 2. The molecule has 4 fully saturated rings. The molecule has 0 heterocycles. The van der Waals surface area contributed by atoms with Crippen LogP contribution < -0.4 is 5.32 Å². The summed E-state index contributed by atoms with van der Waals surface area (Å²) in [6.07, 6.45) is 13.5. The molecule has 1 spiro atoms. The molecular formula is C17H29NO. The van der Waals surface area contributed by atoms with Gasteiger partial charge in [0.1, 0.15) is 0 Å². The molecule has 4 aliphatic carbocycles. The molecule has 0 aromatic heterocycles. The van der Waals surface area contributed by atoms with Gasteiger partial charge in [0.15, 0.2) is 0 Å². The van der Waals surface area contributed by atoms with Gasteiger partial charge in [-0.25, -0.2) is 0 Å². The first-order chi connectivity index (χ1) is 9.32. The van der Waals surface area contributed by atoms with Crippen LogP contribution in [-0.2, 0) is 4.74 Å². The van der Waals surface area contributed by atoms with Gasteiger partial charge in [0.05, 0.1) is 6.10 Å². The molecule has 0 aromatic carbocycles. The third-order valence-corrected chi connectivity index (χ3v) is 6.84. The second-order valence-electron chi connectivity index (χ2n) is 7.62. The fourth-order valence-electron chi connectivity index (χ4n) is 5.83. The zero-order valence-corrected chi connectivity index (χ0v) is 12.4. The van der Waals surface area contributed by atoms with Crippen LogP contribution in [0, 0.1) is 17.3 Å². The molecule has 19 heavy (non-hydrogen) atoms. The molecule has 0 radical (unpaired) electrons. The Hall–Kier alpha value is -0.0800. The van der Waals surface area contributed by atoms with E-state index in [0.717, 1.165) is 30.5 Å². The van der Waals surface area contributed by atoms with Crippen molar-refractivity contribution < 1.29 is 4.74 Å². The summed E-state index contributed by atoms with van der Waals surface area (Å²) in [5.74, 6) is 2.07. The quantitative estimate of drug-likeness (QED) is 0.838. The van der Waals surface area contributed by atoms with Crippen molar-refractivity contribution in [2.24, 2.45) is 17.3 Å².